The average molecular weight is 625 g/mol. The SMILES string of the molecule is [2H]C([2H])(c1cc(-n2[c-][n+](-c3ccccc3)c3ccccc32)cc(C(C)(C)C)c1)c1ccc2c3ccccc3n(-c3cc4ccoc4cn3)c2c1. The number of benzene rings is 5. The quantitative estimate of drug-likeness (QED) is 0.141. The second-order valence-corrected chi connectivity index (χ2v) is 13.3. The molecule has 9 rings (SSSR count). The average Bonchev–Trinajstić information content (AvgIpc) is 3.85. The van der Waals surface area contributed by atoms with Crippen molar-refractivity contribution >= 4 is 43.8 Å². The molecule has 5 nitrogen and oxygen atoms in total. The largest absolute Gasteiger partial charge is 0.463 e. The molecule has 5 heteroatoms. The van der Waals surface area contributed by atoms with Gasteiger partial charge in [-0.1, -0.05) is 99.6 Å². The molecule has 0 radical (unpaired) electrons. The molecule has 5 aromatic carbocycles. The number of pyridine rings is 1. The summed E-state index contributed by atoms with van der Waals surface area (Å²) in [7, 11) is 0. The molecule has 0 unspecified atom stereocenters. The number of aromatic nitrogens is 4. The summed E-state index contributed by atoms with van der Waals surface area (Å²) in [6, 6.07) is 42.8. The van der Waals surface area contributed by atoms with Crippen LogP contribution in [0.5, 0.6) is 0 Å². The van der Waals surface area contributed by atoms with E-state index >= 15 is 0 Å². The van der Waals surface area contributed by atoms with E-state index in [1.165, 1.54) is 0 Å². The summed E-state index contributed by atoms with van der Waals surface area (Å²) >= 11 is 0. The van der Waals surface area contributed by atoms with Crippen molar-refractivity contribution in [1.29, 1.82) is 0 Å². The van der Waals surface area contributed by atoms with E-state index < -0.39 is 6.37 Å². The van der Waals surface area contributed by atoms with Crippen LogP contribution in [0.1, 0.15) is 40.2 Å². The van der Waals surface area contributed by atoms with Gasteiger partial charge in [-0.25, -0.2) is 4.98 Å². The molecule has 232 valence electrons. The first-order chi connectivity index (χ1) is 24.2. The maximum atomic E-state index is 9.75. The fourth-order valence-electron chi connectivity index (χ4n) is 6.71. The standard InChI is InChI=1S/C43H34N4O/c1-43(2,3)32-22-30(23-34(26-32)46-28-45(33-11-5-4-6-12-33)38-15-9-10-16-39(38)46)21-29-17-18-36-35-13-7-8-14-37(35)47(40(36)24-29)42-25-31-19-20-48-41(31)27-44-42/h4-20,22-27H,21H2,1-3H3/i21D2. The number of nitrogens with zero attached hydrogens (tertiary/aromatic N) is 4. The lowest BCUT2D eigenvalue weighted by Gasteiger charge is -2.22. The highest BCUT2D eigenvalue weighted by Gasteiger charge is 2.19. The van der Waals surface area contributed by atoms with Crippen LogP contribution in [0.15, 0.2) is 144 Å². The molecule has 48 heavy (non-hydrogen) atoms. The van der Waals surface area contributed by atoms with Gasteiger partial charge in [0.05, 0.1) is 45.9 Å². The Kier molecular flexibility index (Phi) is 5.89. The predicted octanol–water partition coefficient (Wildman–Crippen LogP) is 9.83. The Morgan fingerprint density at radius 1 is 0.750 bits per heavy atom. The minimum Gasteiger partial charge on any atom is -0.463 e. The zero-order valence-corrected chi connectivity index (χ0v) is 27.0. The van der Waals surface area contributed by atoms with Gasteiger partial charge in [0.1, 0.15) is 5.82 Å². The van der Waals surface area contributed by atoms with Crippen molar-refractivity contribution in [2.24, 2.45) is 0 Å². The molecule has 0 bridgehead atoms. The van der Waals surface area contributed by atoms with Crippen molar-refractivity contribution in [3.63, 3.8) is 0 Å². The molecular weight excluding hydrogens is 589 g/mol. The molecular formula is C43H34N4O. The van der Waals surface area contributed by atoms with Crippen molar-refractivity contribution in [3.8, 4) is 17.2 Å². The summed E-state index contributed by atoms with van der Waals surface area (Å²) in [5.41, 5.74) is 8.46. The van der Waals surface area contributed by atoms with Gasteiger partial charge in [0.25, 0.3) is 6.33 Å². The van der Waals surface area contributed by atoms with Gasteiger partial charge in [0, 0.05) is 18.9 Å². The van der Waals surface area contributed by atoms with E-state index in [9.17, 15) is 2.74 Å². The summed E-state index contributed by atoms with van der Waals surface area (Å²) in [6.45, 7) is 6.50. The Hall–Kier alpha value is -5.94. The van der Waals surface area contributed by atoms with Crippen LogP contribution in [0.3, 0.4) is 0 Å². The minimum absolute atomic E-state index is 0.229. The van der Waals surface area contributed by atoms with Crippen LogP contribution in [-0.4, -0.2) is 14.1 Å². The zero-order valence-electron chi connectivity index (χ0n) is 29.0. The number of furan rings is 1. The molecule has 0 N–H and O–H groups in total. The van der Waals surface area contributed by atoms with Crippen molar-refractivity contribution in [1.82, 2.24) is 14.1 Å². The fourth-order valence-corrected chi connectivity index (χ4v) is 6.71. The molecule has 9 aromatic rings. The number of hydrogen-bond acceptors (Lipinski definition) is 2. The van der Waals surface area contributed by atoms with Crippen molar-refractivity contribution in [2.45, 2.75) is 32.6 Å². The fraction of sp³-hybridized carbons (Fsp3) is 0.116. The summed E-state index contributed by atoms with van der Waals surface area (Å²) in [4.78, 5) is 4.77. The van der Waals surface area contributed by atoms with E-state index in [2.05, 4.69) is 83.3 Å². The van der Waals surface area contributed by atoms with Gasteiger partial charge in [0.15, 0.2) is 5.58 Å². The van der Waals surface area contributed by atoms with Gasteiger partial charge >= 0.3 is 0 Å². The predicted molar refractivity (Wildman–Crippen MR) is 193 cm³/mol. The maximum absolute atomic E-state index is 9.75. The molecule has 4 heterocycles. The van der Waals surface area contributed by atoms with E-state index in [1.807, 2.05) is 84.9 Å². The summed E-state index contributed by atoms with van der Waals surface area (Å²) in [5, 5.41) is 3.08. The molecule has 0 aliphatic heterocycles. The lowest BCUT2D eigenvalue weighted by atomic mass is 9.85. The van der Waals surface area contributed by atoms with Crippen LogP contribution < -0.4 is 4.57 Å². The lowest BCUT2D eigenvalue weighted by molar-refractivity contribution is -0.572. The highest BCUT2D eigenvalue weighted by atomic mass is 16.3. The van der Waals surface area contributed by atoms with Gasteiger partial charge in [-0.3, -0.25) is 13.7 Å². The van der Waals surface area contributed by atoms with E-state index in [1.54, 1.807) is 12.5 Å². The summed E-state index contributed by atoms with van der Waals surface area (Å²) in [6.07, 6.45) is 5.18. The second-order valence-electron chi connectivity index (χ2n) is 13.3. The van der Waals surface area contributed by atoms with Crippen LogP contribution in [0.25, 0.3) is 61.0 Å². The molecule has 0 saturated carbocycles. The van der Waals surface area contributed by atoms with Gasteiger partial charge in [0.2, 0.25) is 0 Å². The number of imidazole rings is 1. The Balaban J connectivity index is 1.24. The molecule has 0 amide bonds. The van der Waals surface area contributed by atoms with Crippen LogP contribution >= 0.6 is 0 Å². The van der Waals surface area contributed by atoms with Gasteiger partial charge in [-0.15, -0.1) is 0 Å². The summed E-state index contributed by atoms with van der Waals surface area (Å²) < 4.78 is 31.3. The lowest BCUT2D eigenvalue weighted by Crippen LogP contribution is -2.29. The van der Waals surface area contributed by atoms with E-state index in [-0.39, 0.29) is 5.41 Å². The summed E-state index contributed by atoms with van der Waals surface area (Å²) in [5.74, 6) is 0.751. The van der Waals surface area contributed by atoms with Gasteiger partial charge in [-0.05, 0) is 77.0 Å². The van der Waals surface area contributed by atoms with E-state index in [0.29, 0.717) is 11.1 Å². The Morgan fingerprint density at radius 3 is 2.38 bits per heavy atom. The van der Waals surface area contributed by atoms with Gasteiger partial charge < -0.3 is 4.42 Å². The number of para-hydroxylation sites is 4. The molecule has 0 spiro atoms. The van der Waals surface area contributed by atoms with E-state index in [4.69, 9.17) is 9.40 Å². The number of fused-ring (bicyclic) bond motifs is 5. The molecule has 0 aliphatic carbocycles. The molecule has 4 aromatic heterocycles. The first-order valence-corrected chi connectivity index (χ1v) is 16.2. The normalized spacial score (nSPS) is 13.1. The van der Waals surface area contributed by atoms with Gasteiger partial charge in [-0.2, -0.15) is 0 Å². The minimum atomic E-state index is -1.83. The first kappa shape index (κ1) is 26.2. The third kappa shape index (κ3) is 4.70. The number of hydrogen-bond donors (Lipinski definition) is 0. The zero-order chi connectivity index (χ0) is 34.2. The Labute approximate surface area is 281 Å². The molecule has 0 fully saturated rings. The number of rotatable bonds is 5. The van der Waals surface area contributed by atoms with Crippen LogP contribution in [-0.2, 0) is 11.8 Å². The smallest absolute Gasteiger partial charge is 0.269 e. The highest BCUT2D eigenvalue weighted by Crippen LogP contribution is 2.34. The van der Waals surface area contributed by atoms with Crippen molar-refractivity contribution in [2.75, 3.05) is 0 Å². The first-order valence-electron chi connectivity index (χ1n) is 17.2. The van der Waals surface area contributed by atoms with Crippen molar-refractivity contribution < 1.29 is 11.7 Å². The third-order valence-corrected chi connectivity index (χ3v) is 9.14. The Bertz CT molecular complexity index is 2730. The van der Waals surface area contributed by atoms with Crippen LogP contribution in [0.2, 0.25) is 0 Å². The molecule has 0 saturated heterocycles. The molecule has 0 aliphatic rings. The van der Waals surface area contributed by atoms with Crippen molar-refractivity contribution in [3.05, 3.63) is 163 Å². The second kappa shape index (κ2) is 10.8. The highest BCUT2D eigenvalue weighted by molar-refractivity contribution is 6.09. The third-order valence-electron chi connectivity index (χ3n) is 9.14. The topological polar surface area (TPSA) is 39.8 Å². The Morgan fingerprint density at radius 2 is 1.52 bits per heavy atom. The van der Waals surface area contributed by atoms with E-state index in [0.717, 1.165) is 66.6 Å². The maximum Gasteiger partial charge on any atom is 0.269 e. The van der Waals surface area contributed by atoms with Crippen LogP contribution in [0.4, 0.5) is 0 Å². The molecule has 0 atom stereocenters. The van der Waals surface area contributed by atoms with Crippen LogP contribution in [0, 0.1) is 6.33 Å². The monoisotopic (exact) mass is 624 g/mol.